The summed E-state index contributed by atoms with van der Waals surface area (Å²) in [6.07, 6.45) is 2.94. The average molecular weight is 279 g/mol. The van der Waals surface area contributed by atoms with Gasteiger partial charge >= 0.3 is 12.0 Å². The zero-order valence-corrected chi connectivity index (χ0v) is 11.2. The van der Waals surface area contributed by atoms with Crippen LogP contribution in [-0.2, 0) is 4.74 Å². The van der Waals surface area contributed by atoms with E-state index in [2.05, 4.69) is 10.3 Å². The SMILES string of the molecule is CN(C(=O)Nc1cccnc1C(=O)O)C1CCOCC1. The van der Waals surface area contributed by atoms with E-state index in [0.29, 0.717) is 13.2 Å². The second-order valence-corrected chi connectivity index (χ2v) is 4.59. The molecule has 0 aromatic carbocycles. The summed E-state index contributed by atoms with van der Waals surface area (Å²) in [6, 6.07) is 2.86. The highest BCUT2D eigenvalue weighted by Crippen LogP contribution is 2.16. The molecule has 0 saturated carbocycles. The number of hydrogen-bond donors (Lipinski definition) is 2. The lowest BCUT2D eigenvalue weighted by molar-refractivity contribution is 0.0544. The molecule has 1 fully saturated rings. The monoisotopic (exact) mass is 279 g/mol. The number of ether oxygens (including phenoxy) is 1. The van der Waals surface area contributed by atoms with Crippen LogP contribution in [-0.4, -0.2) is 53.3 Å². The third kappa shape index (κ3) is 3.24. The Morgan fingerprint density at radius 1 is 1.45 bits per heavy atom. The van der Waals surface area contributed by atoms with Gasteiger partial charge in [0, 0.05) is 32.5 Å². The number of amides is 2. The number of nitrogens with zero attached hydrogens (tertiary/aromatic N) is 2. The summed E-state index contributed by atoms with van der Waals surface area (Å²) < 4.78 is 5.25. The lowest BCUT2D eigenvalue weighted by atomic mass is 10.1. The van der Waals surface area contributed by atoms with Crippen LogP contribution < -0.4 is 5.32 Å². The molecule has 1 saturated heterocycles. The number of aromatic nitrogens is 1. The predicted octanol–water partition coefficient (Wildman–Crippen LogP) is 1.42. The molecule has 1 aliphatic rings. The van der Waals surface area contributed by atoms with Gasteiger partial charge in [0.1, 0.15) is 0 Å². The highest BCUT2D eigenvalue weighted by Gasteiger charge is 2.23. The zero-order chi connectivity index (χ0) is 14.5. The summed E-state index contributed by atoms with van der Waals surface area (Å²) in [6.45, 7) is 1.27. The first-order valence-corrected chi connectivity index (χ1v) is 6.39. The largest absolute Gasteiger partial charge is 0.476 e. The summed E-state index contributed by atoms with van der Waals surface area (Å²) in [5.41, 5.74) is 0.0325. The number of carboxylic acid groups (broad SMARTS) is 1. The van der Waals surface area contributed by atoms with E-state index in [4.69, 9.17) is 9.84 Å². The fraction of sp³-hybridized carbons (Fsp3) is 0.462. The topological polar surface area (TPSA) is 91.8 Å². The number of pyridine rings is 1. The summed E-state index contributed by atoms with van der Waals surface area (Å²) in [4.78, 5) is 28.5. The van der Waals surface area contributed by atoms with E-state index >= 15 is 0 Å². The van der Waals surface area contributed by atoms with Gasteiger partial charge in [-0.25, -0.2) is 14.6 Å². The first-order valence-electron chi connectivity index (χ1n) is 6.39. The van der Waals surface area contributed by atoms with Crippen molar-refractivity contribution in [2.24, 2.45) is 0 Å². The number of hydrogen-bond acceptors (Lipinski definition) is 4. The van der Waals surface area contributed by atoms with Crippen molar-refractivity contribution >= 4 is 17.7 Å². The molecule has 2 rings (SSSR count). The van der Waals surface area contributed by atoms with Crippen LogP contribution in [0, 0.1) is 0 Å². The molecule has 2 N–H and O–H groups in total. The summed E-state index contributed by atoms with van der Waals surface area (Å²) in [5, 5.41) is 11.6. The van der Waals surface area contributed by atoms with Crippen LogP contribution >= 0.6 is 0 Å². The van der Waals surface area contributed by atoms with E-state index in [9.17, 15) is 9.59 Å². The van der Waals surface area contributed by atoms with Crippen LogP contribution in [0.25, 0.3) is 0 Å². The Hall–Kier alpha value is -2.15. The molecular weight excluding hydrogens is 262 g/mol. The molecule has 20 heavy (non-hydrogen) atoms. The van der Waals surface area contributed by atoms with Gasteiger partial charge in [0.05, 0.1) is 5.69 Å². The second kappa shape index (κ2) is 6.33. The molecule has 1 aromatic rings. The van der Waals surface area contributed by atoms with Gasteiger partial charge in [0.15, 0.2) is 5.69 Å². The maximum atomic E-state index is 12.1. The van der Waals surface area contributed by atoms with Crippen LogP contribution in [0.2, 0.25) is 0 Å². The minimum absolute atomic E-state index is 0.105. The van der Waals surface area contributed by atoms with Crippen molar-refractivity contribution in [1.29, 1.82) is 0 Å². The fourth-order valence-electron chi connectivity index (χ4n) is 2.12. The smallest absolute Gasteiger partial charge is 0.356 e. The number of nitrogens with one attached hydrogen (secondary N) is 1. The average Bonchev–Trinajstić information content (AvgIpc) is 2.47. The van der Waals surface area contributed by atoms with Gasteiger partial charge in [-0.3, -0.25) is 0 Å². The van der Waals surface area contributed by atoms with Gasteiger partial charge in [0.25, 0.3) is 0 Å². The van der Waals surface area contributed by atoms with Gasteiger partial charge in [-0.05, 0) is 25.0 Å². The zero-order valence-electron chi connectivity index (χ0n) is 11.2. The molecular formula is C13H17N3O4. The quantitative estimate of drug-likeness (QED) is 0.873. The maximum absolute atomic E-state index is 12.1. The van der Waals surface area contributed by atoms with Gasteiger partial charge < -0.3 is 20.1 Å². The Labute approximate surface area is 116 Å². The molecule has 1 aliphatic heterocycles. The third-order valence-corrected chi connectivity index (χ3v) is 3.31. The Bertz CT molecular complexity index is 500. The van der Waals surface area contributed by atoms with Crippen molar-refractivity contribution in [3.63, 3.8) is 0 Å². The third-order valence-electron chi connectivity index (χ3n) is 3.31. The first kappa shape index (κ1) is 14.3. The molecule has 0 atom stereocenters. The Morgan fingerprint density at radius 2 is 2.15 bits per heavy atom. The molecule has 7 heteroatoms. The molecule has 7 nitrogen and oxygen atoms in total. The lowest BCUT2D eigenvalue weighted by Gasteiger charge is -2.31. The van der Waals surface area contributed by atoms with Gasteiger partial charge in [-0.2, -0.15) is 0 Å². The van der Waals surface area contributed by atoms with Crippen molar-refractivity contribution in [3.05, 3.63) is 24.0 Å². The molecule has 1 aromatic heterocycles. The van der Waals surface area contributed by atoms with Crippen molar-refractivity contribution in [2.45, 2.75) is 18.9 Å². The number of aromatic carboxylic acids is 1. The number of rotatable bonds is 3. The summed E-state index contributed by atoms with van der Waals surface area (Å²) in [5.74, 6) is -1.17. The van der Waals surface area contributed by atoms with E-state index in [1.165, 1.54) is 12.3 Å². The van der Waals surface area contributed by atoms with Crippen molar-refractivity contribution in [2.75, 3.05) is 25.6 Å². The van der Waals surface area contributed by atoms with E-state index in [1.807, 2.05) is 0 Å². The molecule has 0 unspecified atom stereocenters. The van der Waals surface area contributed by atoms with E-state index < -0.39 is 5.97 Å². The van der Waals surface area contributed by atoms with Gasteiger partial charge in [-0.15, -0.1) is 0 Å². The standard InChI is InChI=1S/C13H17N3O4/c1-16(9-4-7-20-8-5-9)13(19)15-10-3-2-6-14-11(10)12(17)18/h2-3,6,9H,4-5,7-8H2,1H3,(H,15,19)(H,17,18). The van der Waals surface area contributed by atoms with Crippen LogP contribution in [0.4, 0.5) is 10.5 Å². The number of urea groups is 1. The molecule has 2 amide bonds. The molecule has 0 aliphatic carbocycles. The van der Waals surface area contributed by atoms with Gasteiger partial charge in [0.2, 0.25) is 0 Å². The molecule has 108 valence electrons. The molecule has 0 spiro atoms. The number of carbonyl (C=O) groups is 2. The Morgan fingerprint density at radius 3 is 2.80 bits per heavy atom. The van der Waals surface area contributed by atoms with Crippen molar-refractivity contribution in [3.8, 4) is 0 Å². The van der Waals surface area contributed by atoms with Crippen LogP contribution in [0.3, 0.4) is 0 Å². The van der Waals surface area contributed by atoms with E-state index in [1.54, 1.807) is 18.0 Å². The highest BCUT2D eigenvalue weighted by molar-refractivity contribution is 5.98. The number of carboxylic acids is 1. The Kier molecular flexibility index (Phi) is 4.52. The Balaban J connectivity index is 2.05. The fourth-order valence-corrected chi connectivity index (χ4v) is 2.12. The van der Waals surface area contributed by atoms with Gasteiger partial charge in [-0.1, -0.05) is 0 Å². The second-order valence-electron chi connectivity index (χ2n) is 4.59. The lowest BCUT2D eigenvalue weighted by Crippen LogP contribution is -2.43. The van der Waals surface area contributed by atoms with E-state index in [0.717, 1.165) is 12.8 Å². The van der Waals surface area contributed by atoms with E-state index in [-0.39, 0.29) is 23.5 Å². The highest BCUT2D eigenvalue weighted by atomic mass is 16.5. The van der Waals surface area contributed by atoms with Crippen LogP contribution in [0.5, 0.6) is 0 Å². The minimum Gasteiger partial charge on any atom is -0.476 e. The predicted molar refractivity (Wildman–Crippen MR) is 71.8 cm³/mol. The number of carbonyl (C=O) groups excluding carboxylic acids is 1. The number of anilines is 1. The first-order chi connectivity index (χ1) is 9.59. The van der Waals surface area contributed by atoms with Crippen LogP contribution in [0.15, 0.2) is 18.3 Å². The molecule has 0 radical (unpaired) electrons. The normalized spacial score (nSPS) is 15.7. The summed E-state index contributed by atoms with van der Waals surface area (Å²) >= 11 is 0. The molecule has 0 bridgehead atoms. The molecule has 2 heterocycles. The van der Waals surface area contributed by atoms with Crippen molar-refractivity contribution < 1.29 is 19.4 Å². The maximum Gasteiger partial charge on any atom is 0.356 e. The van der Waals surface area contributed by atoms with Crippen LogP contribution in [0.1, 0.15) is 23.3 Å². The van der Waals surface area contributed by atoms with Crippen molar-refractivity contribution in [1.82, 2.24) is 9.88 Å². The minimum atomic E-state index is -1.17. The summed E-state index contributed by atoms with van der Waals surface area (Å²) in [7, 11) is 1.70.